The fraction of sp³-hybridized carbons (Fsp3) is 0.429. The van der Waals surface area contributed by atoms with Crippen LogP contribution in [0.15, 0.2) is 6.07 Å². The molecule has 0 saturated heterocycles. The molecule has 0 saturated carbocycles. The van der Waals surface area contributed by atoms with Crippen LogP contribution >= 0.6 is 0 Å². The maximum absolute atomic E-state index is 13.1. The minimum absolute atomic E-state index is 0.00759. The summed E-state index contributed by atoms with van der Waals surface area (Å²) >= 11 is 0. The maximum Gasteiger partial charge on any atom is 0.451 e. The topological polar surface area (TPSA) is 85.7 Å². The van der Waals surface area contributed by atoms with E-state index in [4.69, 9.17) is 19.3 Å². The Labute approximate surface area is 135 Å². The Morgan fingerprint density at radius 1 is 1.08 bits per heavy atom. The number of rotatable bonds is 6. The van der Waals surface area contributed by atoms with Gasteiger partial charge in [-0.05, 0) is 6.07 Å². The average Bonchev–Trinajstić information content (AvgIpc) is 2.56. The number of methoxy groups -OCH3 is 3. The van der Waals surface area contributed by atoms with Crippen molar-refractivity contribution in [2.24, 2.45) is 0 Å². The van der Waals surface area contributed by atoms with Gasteiger partial charge in [-0.25, -0.2) is 9.97 Å². The van der Waals surface area contributed by atoms with E-state index in [1.807, 2.05) is 0 Å². The molecule has 0 aliphatic rings. The lowest BCUT2D eigenvalue weighted by Gasteiger charge is -2.17. The second-order valence-corrected chi connectivity index (χ2v) is 4.59. The number of halogens is 3. The molecule has 0 atom stereocenters. The van der Waals surface area contributed by atoms with E-state index < -0.39 is 12.0 Å². The lowest BCUT2D eigenvalue weighted by Crippen LogP contribution is -2.15. The predicted molar refractivity (Wildman–Crippen MR) is 79.8 cm³/mol. The van der Waals surface area contributed by atoms with E-state index in [0.29, 0.717) is 0 Å². The molecule has 0 fully saturated rings. The zero-order chi connectivity index (χ0) is 17.9. The van der Waals surface area contributed by atoms with Crippen molar-refractivity contribution in [3.05, 3.63) is 11.9 Å². The third-order valence-electron chi connectivity index (χ3n) is 3.15. The molecule has 0 unspecified atom stereocenters. The predicted octanol–water partition coefficient (Wildman–Crippen LogP) is 2.08. The molecule has 0 amide bonds. The van der Waals surface area contributed by atoms with E-state index in [-0.39, 0.29) is 47.1 Å². The van der Waals surface area contributed by atoms with Gasteiger partial charge in [0.25, 0.3) is 0 Å². The quantitative estimate of drug-likeness (QED) is 0.827. The zero-order valence-corrected chi connectivity index (χ0v) is 13.2. The molecule has 1 heterocycles. The van der Waals surface area contributed by atoms with Crippen molar-refractivity contribution < 1.29 is 32.5 Å². The summed E-state index contributed by atoms with van der Waals surface area (Å²) in [6, 6.07) is 1.44. The standard InChI is InChI=1S/C14H16F3N3O4/c1-22-8-6-7-9(11(24-3)10(8)23-2)19-13(14(15,16)17)20-12(7)18-4-5-21/h6,21H,4-5H2,1-3H3,(H,18,19,20). The van der Waals surface area contributed by atoms with Crippen molar-refractivity contribution >= 4 is 16.7 Å². The van der Waals surface area contributed by atoms with E-state index in [1.165, 1.54) is 27.4 Å². The van der Waals surface area contributed by atoms with E-state index >= 15 is 0 Å². The summed E-state index contributed by atoms with van der Waals surface area (Å²) in [6.45, 7) is -0.267. The molecule has 0 bridgehead atoms. The summed E-state index contributed by atoms with van der Waals surface area (Å²) in [5.41, 5.74) is -0.0853. The highest BCUT2D eigenvalue weighted by atomic mass is 19.4. The molecule has 0 aliphatic heterocycles. The number of hydrogen-bond acceptors (Lipinski definition) is 7. The third-order valence-corrected chi connectivity index (χ3v) is 3.15. The molecule has 132 valence electrons. The zero-order valence-electron chi connectivity index (χ0n) is 13.2. The first-order chi connectivity index (χ1) is 11.4. The Balaban J connectivity index is 2.86. The van der Waals surface area contributed by atoms with Gasteiger partial charge in [0, 0.05) is 6.54 Å². The first-order valence-corrected chi connectivity index (χ1v) is 6.80. The number of aromatic nitrogens is 2. The largest absolute Gasteiger partial charge is 0.493 e. The lowest BCUT2D eigenvalue weighted by molar-refractivity contribution is -0.144. The van der Waals surface area contributed by atoms with Gasteiger partial charge in [-0.3, -0.25) is 0 Å². The summed E-state index contributed by atoms with van der Waals surface area (Å²) in [5.74, 6) is -1.07. The van der Waals surface area contributed by atoms with Crippen LogP contribution in [0.1, 0.15) is 5.82 Å². The van der Waals surface area contributed by atoms with Crippen LogP contribution in [0.2, 0.25) is 0 Å². The van der Waals surface area contributed by atoms with Crippen molar-refractivity contribution in [3.63, 3.8) is 0 Å². The van der Waals surface area contributed by atoms with Gasteiger partial charge in [-0.2, -0.15) is 13.2 Å². The molecule has 7 nitrogen and oxygen atoms in total. The average molecular weight is 347 g/mol. The lowest BCUT2D eigenvalue weighted by atomic mass is 10.1. The first-order valence-electron chi connectivity index (χ1n) is 6.80. The molecule has 1 aromatic heterocycles. The van der Waals surface area contributed by atoms with Gasteiger partial charge in [0.2, 0.25) is 11.6 Å². The summed E-state index contributed by atoms with van der Waals surface area (Å²) < 4.78 is 54.8. The number of anilines is 1. The highest BCUT2D eigenvalue weighted by molar-refractivity contribution is 5.97. The number of benzene rings is 1. The van der Waals surface area contributed by atoms with Crippen LogP contribution in [0, 0.1) is 0 Å². The van der Waals surface area contributed by atoms with Gasteiger partial charge < -0.3 is 24.6 Å². The van der Waals surface area contributed by atoms with Crippen LogP contribution < -0.4 is 19.5 Å². The van der Waals surface area contributed by atoms with Crippen LogP contribution in [0.4, 0.5) is 19.0 Å². The number of fused-ring (bicyclic) bond motifs is 1. The summed E-state index contributed by atoms with van der Waals surface area (Å²) in [7, 11) is 4.00. The van der Waals surface area contributed by atoms with Crippen LogP contribution in [-0.2, 0) is 6.18 Å². The second kappa shape index (κ2) is 6.95. The Morgan fingerprint density at radius 2 is 1.75 bits per heavy atom. The molecule has 2 aromatic rings. The molecule has 1 aromatic carbocycles. The third kappa shape index (κ3) is 3.23. The smallest absolute Gasteiger partial charge is 0.451 e. The normalized spacial score (nSPS) is 11.5. The highest BCUT2D eigenvalue weighted by Crippen LogP contribution is 2.45. The number of nitrogens with one attached hydrogen (secondary N) is 1. The van der Waals surface area contributed by atoms with Crippen LogP contribution in [0.3, 0.4) is 0 Å². The number of ether oxygens (including phenoxy) is 3. The Hall–Kier alpha value is -2.49. The van der Waals surface area contributed by atoms with Gasteiger partial charge >= 0.3 is 6.18 Å². The minimum Gasteiger partial charge on any atom is -0.493 e. The fourth-order valence-corrected chi connectivity index (χ4v) is 2.17. The van der Waals surface area contributed by atoms with Crippen molar-refractivity contribution in [1.29, 1.82) is 0 Å². The van der Waals surface area contributed by atoms with Crippen LogP contribution in [-0.4, -0.2) is 49.6 Å². The Kier molecular flexibility index (Phi) is 5.17. The maximum atomic E-state index is 13.1. The number of aliphatic hydroxyl groups is 1. The molecule has 10 heteroatoms. The van der Waals surface area contributed by atoms with Crippen molar-refractivity contribution in [3.8, 4) is 17.2 Å². The van der Waals surface area contributed by atoms with Gasteiger partial charge in [0.15, 0.2) is 11.5 Å². The molecular formula is C14H16F3N3O4. The highest BCUT2D eigenvalue weighted by Gasteiger charge is 2.36. The number of nitrogens with zero attached hydrogens (tertiary/aromatic N) is 2. The molecule has 0 spiro atoms. The summed E-state index contributed by atoms with van der Waals surface area (Å²) in [5, 5.41) is 11.8. The molecular weight excluding hydrogens is 331 g/mol. The summed E-state index contributed by atoms with van der Waals surface area (Å²) in [4.78, 5) is 7.08. The van der Waals surface area contributed by atoms with Gasteiger partial charge in [-0.1, -0.05) is 0 Å². The van der Waals surface area contributed by atoms with Crippen molar-refractivity contribution in [2.45, 2.75) is 6.18 Å². The van der Waals surface area contributed by atoms with Crippen LogP contribution in [0.25, 0.3) is 10.9 Å². The molecule has 2 rings (SSSR count). The van der Waals surface area contributed by atoms with E-state index in [0.717, 1.165) is 0 Å². The van der Waals surface area contributed by atoms with Gasteiger partial charge in [0.05, 0.1) is 33.3 Å². The molecule has 24 heavy (non-hydrogen) atoms. The van der Waals surface area contributed by atoms with Gasteiger partial charge in [-0.15, -0.1) is 0 Å². The van der Waals surface area contributed by atoms with Gasteiger partial charge in [0.1, 0.15) is 11.3 Å². The Morgan fingerprint density at radius 3 is 2.25 bits per heavy atom. The van der Waals surface area contributed by atoms with E-state index in [2.05, 4.69) is 15.3 Å². The number of alkyl halides is 3. The summed E-state index contributed by atoms with van der Waals surface area (Å²) in [6.07, 6.45) is -4.75. The van der Waals surface area contributed by atoms with E-state index in [9.17, 15) is 13.2 Å². The number of aliphatic hydroxyl groups excluding tert-OH is 1. The SMILES string of the molecule is COc1cc2c(NCCO)nc(C(F)(F)F)nc2c(OC)c1OC. The number of hydrogen-bond donors (Lipinski definition) is 2. The Bertz CT molecular complexity index is 738. The van der Waals surface area contributed by atoms with Crippen molar-refractivity contribution in [2.75, 3.05) is 39.8 Å². The fourth-order valence-electron chi connectivity index (χ4n) is 2.17. The second-order valence-electron chi connectivity index (χ2n) is 4.59. The van der Waals surface area contributed by atoms with Crippen LogP contribution in [0.5, 0.6) is 17.2 Å². The monoisotopic (exact) mass is 347 g/mol. The van der Waals surface area contributed by atoms with E-state index in [1.54, 1.807) is 0 Å². The molecule has 2 N–H and O–H groups in total. The minimum atomic E-state index is -4.75. The van der Waals surface area contributed by atoms with Crippen molar-refractivity contribution in [1.82, 2.24) is 9.97 Å². The first kappa shape index (κ1) is 17.9. The molecule has 0 aliphatic carbocycles. The molecule has 0 radical (unpaired) electrons.